The van der Waals surface area contributed by atoms with E-state index in [0.717, 1.165) is 16.5 Å². The van der Waals surface area contributed by atoms with Crippen molar-refractivity contribution in [3.63, 3.8) is 0 Å². The van der Waals surface area contributed by atoms with E-state index in [1.54, 1.807) is 34.6 Å². The van der Waals surface area contributed by atoms with Crippen LogP contribution in [0, 0.1) is 10.1 Å². The molecule has 1 aromatic heterocycles. The summed E-state index contributed by atoms with van der Waals surface area (Å²) in [7, 11) is 0. The number of nitro groups is 1. The van der Waals surface area contributed by atoms with Crippen molar-refractivity contribution in [1.82, 2.24) is 25.4 Å². The minimum absolute atomic E-state index is 0.0856. The van der Waals surface area contributed by atoms with E-state index in [0.29, 0.717) is 18.7 Å². The predicted molar refractivity (Wildman–Crippen MR) is 167 cm³/mol. The number of carbonyl (C=O) groups excluding carboxylic acids is 3. The molecule has 0 radical (unpaired) electrons. The number of nitro benzene ring substituents is 1. The van der Waals surface area contributed by atoms with Gasteiger partial charge in [0.1, 0.15) is 35.6 Å². The number of hydrogen-bond donors (Lipinski definition) is 2. The maximum Gasteiger partial charge on any atom is 0.513 e. The van der Waals surface area contributed by atoms with Gasteiger partial charge in [-0.1, -0.05) is 34.1 Å². The fourth-order valence-corrected chi connectivity index (χ4v) is 4.59. The van der Waals surface area contributed by atoms with Gasteiger partial charge in [0.2, 0.25) is 5.91 Å². The van der Waals surface area contributed by atoms with Crippen molar-refractivity contribution in [2.24, 2.45) is 0 Å². The third-order valence-electron chi connectivity index (χ3n) is 6.31. The number of aryl methyl sites for hydroxylation is 1. The Balaban J connectivity index is 1.68. The molecular weight excluding hydrogens is 652 g/mol. The van der Waals surface area contributed by atoms with Crippen LogP contribution in [0.1, 0.15) is 64.9 Å². The zero-order chi connectivity index (χ0) is 33.2. The number of nitrogens with zero attached hydrogens (tertiary/aromatic N) is 4. The Bertz CT molecular complexity index is 1490. The summed E-state index contributed by atoms with van der Waals surface area (Å²) in [6.45, 7) is 8.29. The monoisotopic (exact) mass is 688 g/mol. The lowest BCUT2D eigenvalue weighted by molar-refractivity contribution is -0.384. The summed E-state index contributed by atoms with van der Waals surface area (Å²) < 4.78 is 18.0. The average molecular weight is 690 g/mol. The molecule has 0 bridgehead atoms. The van der Waals surface area contributed by atoms with Gasteiger partial charge in [-0.25, -0.2) is 19.3 Å². The first kappa shape index (κ1) is 35.0. The van der Waals surface area contributed by atoms with E-state index in [-0.39, 0.29) is 24.6 Å². The summed E-state index contributed by atoms with van der Waals surface area (Å²) in [5.41, 5.74) is -1.09. The molecule has 14 nitrogen and oxygen atoms in total. The van der Waals surface area contributed by atoms with Gasteiger partial charge >= 0.3 is 12.2 Å². The molecular formula is C30H37BrN6O8. The number of carbonyl (C=O) groups is 3. The normalized spacial score (nSPS) is 12.1. The molecule has 1 heterocycles. The van der Waals surface area contributed by atoms with Crippen LogP contribution < -0.4 is 15.4 Å². The minimum Gasteiger partial charge on any atom is -0.444 e. The lowest BCUT2D eigenvalue weighted by Crippen LogP contribution is -2.56. The highest BCUT2D eigenvalue weighted by molar-refractivity contribution is 9.10. The molecule has 2 aromatic carbocycles. The zero-order valence-electron chi connectivity index (χ0n) is 25.7. The highest BCUT2D eigenvalue weighted by Gasteiger charge is 2.34. The van der Waals surface area contributed by atoms with E-state index < -0.39 is 40.3 Å². The molecule has 242 valence electrons. The second kappa shape index (κ2) is 15.5. The number of ether oxygens (including phenoxy) is 3. The van der Waals surface area contributed by atoms with Crippen LogP contribution in [-0.4, -0.2) is 55.6 Å². The van der Waals surface area contributed by atoms with Crippen molar-refractivity contribution in [3.8, 4) is 5.75 Å². The fraction of sp³-hybridized carbons (Fsp3) is 0.433. The largest absolute Gasteiger partial charge is 0.513 e. The second-order valence-electron chi connectivity index (χ2n) is 11.6. The Morgan fingerprint density at radius 3 is 2.40 bits per heavy atom. The van der Waals surface area contributed by atoms with Gasteiger partial charge in [0.15, 0.2) is 0 Å². The second-order valence-corrected chi connectivity index (χ2v) is 12.4. The van der Waals surface area contributed by atoms with Gasteiger partial charge in [-0.15, -0.1) is 0 Å². The quantitative estimate of drug-likeness (QED) is 0.0987. The molecule has 0 saturated carbocycles. The number of aromatic nitrogens is 3. The number of non-ortho nitro benzene ring substituents is 1. The Morgan fingerprint density at radius 2 is 1.76 bits per heavy atom. The van der Waals surface area contributed by atoms with Crippen LogP contribution in [0.15, 0.2) is 59.3 Å². The fourth-order valence-electron chi connectivity index (χ4n) is 4.11. The summed E-state index contributed by atoms with van der Waals surface area (Å²) in [5.74, 6) is 0.0510. The molecule has 0 fully saturated rings. The van der Waals surface area contributed by atoms with Crippen molar-refractivity contribution < 1.29 is 33.5 Å². The number of amides is 2. The zero-order valence-corrected chi connectivity index (χ0v) is 27.3. The van der Waals surface area contributed by atoms with Crippen LogP contribution in [0.25, 0.3) is 0 Å². The van der Waals surface area contributed by atoms with Gasteiger partial charge in [0, 0.05) is 16.6 Å². The van der Waals surface area contributed by atoms with Gasteiger partial charge in [0.25, 0.3) is 5.69 Å². The number of rotatable bonds is 13. The number of nitrogens with one attached hydrogen (secondary N) is 2. The van der Waals surface area contributed by atoms with Gasteiger partial charge in [-0.2, -0.15) is 5.10 Å². The van der Waals surface area contributed by atoms with Crippen LogP contribution in [0.2, 0.25) is 0 Å². The SMILES string of the molecule is CC(C)(C)OC(=O)NC(C)(C)C(=O)NC(CCCc1ccccc1Br)c1ncnn1CCOC(=O)Oc1ccc([N+](=O)[O-])cc1. The van der Waals surface area contributed by atoms with Crippen LogP contribution >= 0.6 is 15.9 Å². The van der Waals surface area contributed by atoms with E-state index in [1.807, 2.05) is 24.3 Å². The predicted octanol–water partition coefficient (Wildman–Crippen LogP) is 5.65. The van der Waals surface area contributed by atoms with Gasteiger partial charge < -0.3 is 24.8 Å². The van der Waals surface area contributed by atoms with Gasteiger partial charge in [-0.05, 0) is 77.6 Å². The Labute approximate surface area is 269 Å². The summed E-state index contributed by atoms with van der Waals surface area (Å²) in [5, 5.41) is 20.7. The van der Waals surface area contributed by atoms with Gasteiger partial charge in [0.05, 0.1) is 17.5 Å². The number of hydrogen-bond acceptors (Lipinski definition) is 10. The van der Waals surface area contributed by atoms with Crippen molar-refractivity contribution in [1.29, 1.82) is 0 Å². The molecule has 2 amide bonds. The van der Waals surface area contributed by atoms with Crippen LogP contribution in [0.5, 0.6) is 5.75 Å². The average Bonchev–Trinajstić information content (AvgIpc) is 3.40. The van der Waals surface area contributed by atoms with E-state index in [2.05, 4.69) is 36.6 Å². The molecule has 3 rings (SSSR count). The highest BCUT2D eigenvalue weighted by Crippen LogP contribution is 2.23. The first-order valence-electron chi connectivity index (χ1n) is 14.2. The lowest BCUT2D eigenvalue weighted by atomic mass is 10.0. The summed E-state index contributed by atoms with van der Waals surface area (Å²) >= 11 is 3.57. The lowest BCUT2D eigenvalue weighted by Gasteiger charge is -2.29. The van der Waals surface area contributed by atoms with E-state index in [1.165, 1.54) is 35.3 Å². The molecule has 3 aromatic rings. The Kier molecular flexibility index (Phi) is 12.0. The highest BCUT2D eigenvalue weighted by atomic mass is 79.9. The van der Waals surface area contributed by atoms with Crippen molar-refractivity contribution in [2.45, 2.75) is 77.6 Å². The van der Waals surface area contributed by atoms with Crippen molar-refractivity contribution in [2.75, 3.05) is 6.61 Å². The molecule has 15 heteroatoms. The van der Waals surface area contributed by atoms with Crippen LogP contribution in [-0.2, 0) is 27.2 Å². The molecule has 2 N–H and O–H groups in total. The minimum atomic E-state index is -1.32. The first-order valence-corrected chi connectivity index (χ1v) is 15.0. The molecule has 0 spiro atoms. The van der Waals surface area contributed by atoms with E-state index in [9.17, 15) is 24.5 Å². The van der Waals surface area contributed by atoms with Gasteiger partial charge in [-0.3, -0.25) is 14.9 Å². The molecule has 0 aliphatic carbocycles. The van der Waals surface area contributed by atoms with Crippen LogP contribution in [0.4, 0.5) is 15.3 Å². The number of halogens is 1. The van der Waals surface area contributed by atoms with Crippen LogP contribution in [0.3, 0.4) is 0 Å². The maximum absolute atomic E-state index is 13.4. The molecule has 0 aliphatic heterocycles. The molecule has 1 atom stereocenters. The Morgan fingerprint density at radius 1 is 1.07 bits per heavy atom. The number of benzene rings is 2. The topological polar surface area (TPSA) is 177 Å². The standard InChI is InChI=1S/C30H37BrN6O8/c1-29(2,3)45-27(39)35-30(4,5)26(38)34-24(12-8-10-20-9-6-7-11-23(20)31)25-32-19-33-36(25)17-18-43-28(40)44-22-15-13-21(14-16-22)37(41)42/h6-7,9,11,13-16,19,24H,8,10,12,17-18H2,1-5H3,(H,34,38)(H,35,39). The third-order valence-corrected chi connectivity index (χ3v) is 7.09. The number of alkyl carbamates (subject to hydrolysis) is 1. The summed E-state index contributed by atoms with van der Waals surface area (Å²) in [4.78, 5) is 52.7. The third kappa shape index (κ3) is 11.2. The van der Waals surface area contributed by atoms with E-state index >= 15 is 0 Å². The summed E-state index contributed by atoms with van der Waals surface area (Å²) in [6.07, 6.45) is 1.49. The van der Waals surface area contributed by atoms with E-state index in [4.69, 9.17) is 14.2 Å². The van der Waals surface area contributed by atoms with Crippen molar-refractivity contribution >= 4 is 39.8 Å². The molecule has 0 saturated heterocycles. The maximum atomic E-state index is 13.4. The first-order chi connectivity index (χ1) is 21.1. The Hall–Kier alpha value is -4.53. The molecule has 1 unspecified atom stereocenters. The molecule has 0 aliphatic rings. The molecule has 45 heavy (non-hydrogen) atoms. The summed E-state index contributed by atoms with van der Waals surface area (Å²) in [6, 6.07) is 12.2. The smallest absolute Gasteiger partial charge is 0.444 e. The van der Waals surface area contributed by atoms with Crippen molar-refractivity contribution in [3.05, 3.63) is 80.8 Å².